The van der Waals surface area contributed by atoms with Crippen LogP contribution in [-0.2, 0) is 6.42 Å². The van der Waals surface area contributed by atoms with E-state index in [-0.39, 0.29) is 16.8 Å². The summed E-state index contributed by atoms with van der Waals surface area (Å²) in [7, 11) is 0. The van der Waals surface area contributed by atoms with Gasteiger partial charge in [-0.1, -0.05) is 24.6 Å². The third-order valence-corrected chi connectivity index (χ3v) is 4.58. The zero-order valence-electron chi connectivity index (χ0n) is 12.9. The van der Waals surface area contributed by atoms with Gasteiger partial charge in [-0.25, -0.2) is 4.39 Å². The molecule has 1 unspecified atom stereocenters. The molecule has 0 amide bonds. The highest BCUT2D eigenvalue weighted by atomic mass is 35.5. The minimum Gasteiger partial charge on any atom is -0.312 e. The van der Waals surface area contributed by atoms with Crippen LogP contribution in [0.25, 0.3) is 0 Å². The lowest BCUT2D eigenvalue weighted by Crippen LogP contribution is -2.44. The van der Waals surface area contributed by atoms with Crippen LogP contribution in [0, 0.1) is 17.2 Å². The maximum absolute atomic E-state index is 14.0. The Morgan fingerprint density at radius 1 is 1.25 bits per heavy atom. The normalized spacial score (nSPS) is 18.9. The van der Waals surface area contributed by atoms with Crippen molar-refractivity contribution in [3.05, 3.63) is 34.6 Å². The highest BCUT2D eigenvalue weighted by Gasteiger charge is 2.42. The maximum atomic E-state index is 14.0. The van der Waals surface area contributed by atoms with Crippen molar-refractivity contribution in [1.29, 1.82) is 0 Å². The molecule has 1 fully saturated rings. The highest BCUT2D eigenvalue weighted by molar-refractivity contribution is 6.31. The van der Waals surface area contributed by atoms with E-state index in [0.29, 0.717) is 22.9 Å². The molecule has 0 saturated heterocycles. The molecule has 1 saturated carbocycles. The molecule has 1 aromatic carbocycles. The van der Waals surface area contributed by atoms with E-state index in [0.717, 1.165) is 6.54 Å². The Bertz CT molecular complexity index is 456. The first kappa shape index (κ1) is 15.8. The molecule has 1 aliphatic rings. The minimum atomic E-state index is -0.180. The SMILES string of the molecule is CC(C)(C)NCC(C)(Cc1c(F)cccc1Cl)C1CC1. The Labute approximate surface area is 126 Å². The van der Waals surface area contributed by atoms with Crippen molar-refractivity contribution < 1.29 is 4.39 Å². The van der Waals surface area contributed by atoms with Crippen molar-refractivity contribution in [2.24, 2.45) is 11.3 Å². The Kier molecular flexibility index (Phi) is 4.46. The Hall–Kier alpha value is -0.600. The number of rotatable bonds is 5. The molecule has 3 heteroatoms. The van der Waals surface area contributed by atoms with E-state index in [2.05, 4.69) is 33.0 Å². The minimum absolute atomic E-state index is 0.0686. The highest BCUT2D eigenvalue weighted by Crippen LogP contribution is 2.48. The molecule has 0 heterocycles. The fraction of sp³-hybridized carbons (Fsp3) is 0.647. The fourth-order valence-electron chi connectivity index (χ4n) is 2.70. The van der Waals surface area contributed by atoms with E-state index >= 15 is 0 Å². The molecular weight excluding hydrogens is 273 g/mol. The summed E-state index contributed by atoms with van der Waals surface area (Å²) in [6.45, 7) is 9.64. The lowest BCUT2D eigenvalue weighted by molar-refractivity contribution is 0.225. The van der Waals surface area contributed by atoms with Crippen LogP contribution in [0.15, 0.2) is 18.2 Å². The van der Waals surface area contributed by atoms with Gasteiger partial charge in [-0.05, 0) is 63.5 Å². The number of hydrogen-bond donors (Lipinski definition) is 1. The summed E-state index contributed by atoms with van der Waals surface area (Å²) < 4.78 is 14.0. The maximum Gasteiger partial charge on any atom is 0.127 e. The predicted molar refractivity (Wildman–Crippen MR) is 83.7 cm³/mol. The molecule has 1 aliphatic carbocycles. The van der Waals surface area contributed by atoms with Gasteiger partial charge in [-0.2, -0.15) is 0 Å². The van der Waals surface area contributed by atoms with Crippen LogP contribution < -0.4 is 5.32 Å². The molecular formula is C17H25ClFN. The molecule has 0 aromatic heterocycles. The third-order valence-electron chi connectivity index (χ3n) is 4.23. The predicted octanol–water partition coefficient (Wildman–Crippen LogP) is 4.83. The Morgan fingerprint density at radius 2 is 1.90 bits per heavy atom. The van der Waals surface area contributed by atoms with Gasteiger partial charge < -0.3 is 5.32 Å². The van der Waals surface area contributed by atoms with Crippen molar-refractivity contribution in [2.45, 2.75) is 52.5 Å². The number of hydrogen-bond acceptors (Lipinski definition) is 1. The van der Waals surface area contributed by atoms with Gasteiger partial charge in [0.15, 0.2) is 0 Å². The van der Waals surface area contributed by atoms with Crippen LogP contribution >= 0.6 is 11.6 Å². The second kappa shape index (κ2) is 5.65. The molecule has 1 atom stereocenters. The van der Waals surface area contributed by atoms with Gasteiger partial charge in [-0.15, -0.1) is 0 Å². The van der Waals surface area contributed by atoms with E-state index in [1.54, 1.807) is 12.1 Å². The lowest BCUT2D eigenvalue weighted by Gasteiger charge is -2.34. The lowest BCUT2D eigenvalue weighted by atomic mass is 9.78. The first-order valence-electron chi connectivity index (χ1n) is 7.39. The fourth-order valence-corrected chi connectivity index (χ4v) is 2.93. The van der Waals surface area contributed by atoms with Crippen molar-refractivity contribution in [1.82, 2.24) is 5.32 Å². The molecule has 112 valence electrons. The molecule has 0 radical (unpaired) electrons. The first-order valence-corrected chi connectivity index (χ1v) is 7.77. The number of benzene rings is 1. The van der Waals surface area contributed by atoms with Gasteiger partial charge in [0.1, 0.15) is 5.82 Å². The summed E-state index contributed by atoms with van der Waals surface area (Å²) in [5.74, 6) is 0.494. The van der Waals surface area contributed by atoms with E-state index in [4.69, 9.17) is 11.6 Å². The summed E-state index contributed by atoms with van der Waals surface area (Å²) in [5.41, 5.74) is 0.813. The average Bonchev–Trinajstić information content (AvgIpc) is 3.15. The van der Waals surface area contributed by atoms with Gasteiger partial charge in [0, 0.05) is 22.7 Å². The van der Waals surface area contributed by atoms with Gasteiger partial charge in [-0.3, -0.25) is 0 Å². The van der Waals surface area contributed by atoms with Crippen LogP contribution in [-0.4, -0.2) is 12.1 Å². The van der Waals surface area contributed by atoms with E-state index < -0.39 is 0 Å². The average molecular weight is 298 g/mol. The van der Waals surface area contributed by atoms with Crippen LogP contribution in [0.5, 0.6) is 0 Å². The van der Waals surface area contributed by atoms with Gasteiger partial charge >= 0.3 is 0 Å². The molecule has 1 aromatic rings. The van der Waals surface area contributed by atoms with Crippen molar-refractivity contribution in [3.8, 4) is 0 Å². The summed E-state index contributed by atoms with van der Waals surface area (Å²) in [6.07, 6.45) is 3.19. The monoisotopic (exact) mass is 297 g/mol. The van der Waals surface area contributed by atoms with Crippen LogP contribution in [0.2, 0.25) is 5.02 Å². The Morgan fingerprint density at radius 3 is 2.40 bits per heavy atom. The second-order valence-corrected chi connectivity index (χ2v) is 7.82. The third kappa shape index (κ3) is 3.95. The molecule has 0 spiro atoms. The van der Waals surface area contributed by atoms with Crippen LogP contribution in [0.1, 0.15) is 46.1 Å². The zero-order valence-corrected chi connectivity index (χ0v) is 13.6. The molecule has 0 bridgehead atoms. The summed E-state index contributed by atoms with van der Waals surface area (Å²) in [6, 6.07) is 4.96. The smallest absolute Gasteiger partial charge is 0.127 e. The van der Waals surface area contributed by atoms with E-state index in [9.17, 15) is 4.39 Å². The van der Waals surface area contributed by atoms with Crippen LogP contribution in [0.3, 0.4) is 0 Å². The van der Waals surface area contributed by atoms with E-state index in [1.165, 1.54) is 18.9 Å². The van der Waals surface area contributed by atoms with Gasteiger partial charge in [0.05, 0.1) is 0 Å². The van der Waals surface area contributed by atoms with Crippen molar-refractivity contribution in [3.63, 3.8) is 0 Å². The van der Waals surface area contributed by atoms with Gasteiger partial charge in [0.2, 0.25) is 0 Å². The molecule has 2 rings (SSSR count). The Balaban J connectivity index is 2.17. The van der Waals surface area contributed by atoms with Crippen molar-refractivity contribution in [2.75, 3.05) is 6.54 Å². The molecule has 1 nitrogen and oxygen atoms in total. The quantitative estimate of drug-likeness (QED) is 0.821. The molecule has 0 aliphatic heterocycles. The number of nitrogens with one attached hydrogen (secondary N) is 1. The standard InChI is InChI=1S/C17H25ClFN/c1-16(2,3)20-11-17(4,12-8-9-12)10-13-14(18)6-5-7-15(13)19/h5-7,12,20H,8-11H2,1-4H3. The largest absolute Gasteiger partial charge is 0.312 e. The second-order valence-electron chi connectivity index (χ2n) is 7.41. The topological polar surface area (TPSA) is 12.0 Å². The number of halogens is 2. The van der Waals surface area contributed by atoms with Crippen molar-refractivity contribution >= 4 is 11.6 Å². The summed E-state index contributed by atoms with van der Waals surface area (Å²) >= 11 is 6.19. The van der Waals surface area contributed by atoms with E-state index in [1.807, 2.05) is 0 Å². The van der Waals surface area contributed by atoms with Gasteiger partial charge in [0.25, 0.3) is 0 Å². The summed E-state index contributed by atoms with van der Waals surface area (Å²) in [4.78, 5) is 0. The first-order chi connectivity index (χ1) is 9.21. The van der Waals surface area contributed by atoms with Crippen LogP contribution in [0.4, 0.5) is 4.39 Å². The molecule has 20 heavy (non-hydrogen) atoms. The zero-order chi connectivity index (χ0) is 15.0. The summed E-state index contributed by atoms with van der Waals surface area (Å²) in [5, 5.41) is 4.13. The molecule has 1 N–H and O–H groups in total.